The van der Waals surface area contributed by atoms with Gasteiger partial charge in [0.15, 0.2) is 18.1 Å². The SMILES string of the molecule is COCc1cn2c(Nc3cc([C@H]4OC[C@@H](OC(=O)NC(C)C)[C@H]4F)[nH]n3)nc(C)cc2n1. The quantitative estimate of drug-likeness (QED) is 0.504. The van der Waals surface area contributed by atoms with E-state index in [9.17, 15) is 9.18 Å². The fraction of sp³-hybridized carbons (Fsp3) is 0.500. The van der Waals surface area contributed by atoms with Gasteiger partial charge in [0.25, 0.3) is 0 Å². The van der Waals surface area contributed by atoms with E-state index in [1.54, 1.807) is 31.4 Å². The Balaban J connectivity index is 1.47. The van der Waals surface area contributed by atoms with Crippen LogP contribution in [0.3, 0.4) is 0 Å². The molecule has 0 aromatic carbocycles. The Morgan fingerprint density at radius 1 is 1.41 bits per heavy atom. The third kappa shape index (κ3) is 4.65. The maximum absolute atomic E-state index is 14.9. The van der Waals surface area contributed by atoms with Crippen molar-refractivity contribution < 1.29 is 23.4 Å². The van der Waals surface area contributed by atoms with E-state index in [0.717, 1.165) is 11.4 Å². The van der Waals surface area contributed by atoms with E-state index < -0.39 is 24.5 Å². The minimum atomic E-state index is -1.53. The number of H-pyrrole nitrogens is 1. The Morgan fingerprint density at radius 3 is 2.97 bits per heavy atom. The first-order valence-corrected chi connectivity index (χ1v) is 10.2. The number of carbonyl (C=O) groups excluding carboxylic acids is 1. The van der Waals surface area contributed by atoms with E-state index in [4.69, 9.17) is 14.2 Å². The highest BCUT2D eigenvalue weighted by atomic mass is 19.1. The molecule has 1 aliphatic heterocycles. The molecule has 4 rings (SSSR count). The van der Waals surface area contributed by atoms with Gasteiger partial charge in [-0.1, -0.05) is 0 Å². The second-order valence-electron chi connectivity index (χ2n) is 7.89. The first kappa shape index (κ1) is 22.0. The highest BCUT2D eigenvalue weighted by Gasteiger charge is 2.42. The van der Waals surface area contributed by atoms with Gasteiger partial charge in [-0.05, 0) is 20.8 Å². The first-order chi connectivity index (χ1) is 15.3. The highest BCUT2D eigenvalue weighted by molar-refractivity contribution is 5.67. The molecule has 1 amide bonds. The number of aromatic amines is 1. The molecule has 172 valence electrons. The number of aromatic nitrogens is 5. The van der Waals surface area contributed by atoms with Crippen molar-refractivity contribution in [2.75, 3.05) is 19.0 Å². The number of amides is 1. The Bertz CT molecular complexity index is 1100. The number of fused-ring (bicyclic) bond motifs is 1. The van der Waals surface area contributed by atoms with E-state index >= 15 is 0 Å². The van der Waals surface area contributed by atoms with Crippen molar-refractivity contribution in [3.05, 3.63) is 35.4 Å². The summed E-state index contributed by atoms with van der Waals surface area (Å²) in [4.78, 5) is 20.8. The fourth-order valence-corrected chi connectivity index (χ4v) is 3.47. The minimum Gasteiger partial charge on any atom is -0.441 e. The van der Waals surface area contributed by atoms with Gasteiger partial charge in [-0.3, -0.25) is 9.50 Å². The summed E-state index contributed by atoms with van der Waals surface area (Å²) in [5.41, 5.74) is 2.67. The minimum absolute atomic E-state index is 0.0451. The van der Waals surface area contributed by atoms with E-state index in [1.807, 2.05) is 19.2 Å². The number of nitrogens with one attached hydrogen (secondary N) is 3. The van der Waals surface area contributed by atoms with E-state index in [0.29, 0.717) is 29.7 Å². The summed E-state index contributed by atoms with van der Waals surface area (Å²) in [6.07, 6.45) is -2.31. The van der Waals surface area contributed by atoms with Gasteiger partial charge in [0, 0.05) is 37.2 Å². The van der Waals surface area contributed by atoms with Crippen LogP contribution in [0, 0.1) is 6.92 Å². The third-order valence-corrected chi connectivity index (χ3v) is 4.82. The van der Waals surface area contributed by atoms with Crippen molar-refractivity contribution in [3.63, 3.8) is 0 Å². The van der Waals surface area contributed by atoms with Gasteiger partial charge < -0.3 is 24.8 Å². The number of rotatable bonds is 7. The van der Waals surface area contributed by atoms with Crippen LogP contribution in [0.5, 0.6) is 0 Å². The zero-order chi connectivity index (χ0) is 22.8. The second kappa shape index (κ2) is 9.09. The number of ether oxygens (including phenoxy) is 3. The van der Waals surface area contributed by atoms with Crippen LogP contribution < -0.4 is 10.6 Å². The Labute approximate surface area is 183 Å². The number of methoxy groups -OCH3 is 1. The van der Waals surface area contributed by atoms with Gasteiger partial charge in [-0.2, -0.15) is 5.10 Å². The largest absolute Gasteiger partial charge is 0.441 e. The number of alkyl halides is 1. The molecule has 11 nitrogen and oxygen atoms in total. The molecule has 0 bridgehead atoms. The van der Waals surface area contributed by atoms with Crippen LogP contribution in [-0.2, 0) is 20.8 Å². The summed E-state index contributed by atoms with van der Waals surface area (Å²) >= 11 is 0. The number of hydrogen-bond acceptors (Lipinski definition) is 8. The smallest absolute Gasteiger partial charge is 0.407 e. The Morgan fingerprint density at radius 2 is 2.22 bits per heavy atom. The lowest BCUT2D eigenvalue weighted by atomic mass is 10.1. The van der Waals surface area contributed by atoms with Crippen molar-refractivity contribution in [1.82, 2.24) is 29.9 Å². The maximum Gasteiger partial charge on any atom is 0.407 e. The van der Waals surface area contributed by atoms with Gasteiger partial charge in [-0.25, -0.2) is 19.2 Å². The van der Waals surface area contributed by atoms with Crippen LogP contribution in [0.25, 0.3) is 5.65 Å². The molecule has 0 spiro atoms. The number of imidazole rings is 1. The van der Waals surface area contributed by atoms with Gasteiger partial charge >= 0.3 is 6.09 Å². The topological polar surface area (TPSA) is 128 Å². The molecule has 3 aromatic heterocycles. The Hall–Kier alpha value is -3.25. The summed E-state index contributed by atoms with van der Waals surface area (Å²) in [7, 11) is 1.60. The average molecular weight is 447 g/mol. The van der Waals surface area contributed by atoms with Crippen LogP contribution in [0.2, 0.25) is 0 Å². The Kier molecular flexibility index (Phi) is 6.24. The molecule has 1 fully saturated rings. The number of halogens is 1. The molecule has 0 unspecified atom stereocenters. The number of aryl methyl sites for hydroxylation is 1. The van der Waals surface area contributed by atoms with E-state index in [2.05, 4.69) is 30.8 Å². The molecule has 0 saturated carbocycles. The standard InChI is InChI=1S/C20H26FN7O4/c1-10(2)22-20(29)32-14-9-31-18(17(14)21)13-6-15(27-26-13)25-19-23-11(3)5-16-24-12(8-30-4)7-28(16)19/h5-7,10,14,17-18H,8-9H2,1-4H3,(H,22,29)(H2,23,25,26,27)/t14-,17-,18-/m1/s1. The van der Waals surface area contributed by atoms with Crippen molar-refractivity contribution in [2.24, 2.45) is 0 Å². The maximum atomic E-state index is 14.9. The first-order valence-electron chi connectivity index (χ1n) is 10.2. The van der Waals surface area contributed by atoms with Gasteiger partial charge in [0.05, 0.1) is 24.6 Å². The molecule has 3 N–H and O–H groups in total. The van der Waals surface area contributed by atoms with Crippen molar-refractivity contribution >= 4 is 23.5 Å². The molecule has 3 aromatic rings. The zero-order valence-electron chi connectivity index (χ0n) is 18.3. The summed E-state index contributed by atoms with van der Waals surface area (Å²) < 4.78 is 32.5. The second-order valence-corrected chi connectivity index (χ2v) is 7.89. The highest BCUT2D eigenvalue weighted by Crippen LogP contribution is 2.33. The monoisotopic (exact) mass is 447 g/mol. The lowest BCUT2D eigenvalue weighted by molar-refractivity contribution is 0.0615. The lowest BCUT2D eigenvalue weighted by Gasteiger charge is -2.16. The van der Waals surface area contributed by atoms with Crippen molar-refractivity contribution in [3.8, 4) is 0 Å². The van der Waals surface area contributed by atoms with Crippen LogP contribution >= 0.6 is 0 Å². The normalized spacial score (nSPS) is 20.8. The predicted octanol–water partition coefficient (Wildman–Crippen LogP) is 2.56. The van der Waals surface area contributed by atoms with Crippen LogP contribution in [-0.4, -0.2) is 62.7 Å². The van der Waals surface area contributed by atoms with Crippen LogP contribution in [0.1, 0.15) is 37.0 Å². The number of carbonyl (C=O) groups is 1. The molecule has 0 aliphatic carbocycles. The number of alkyl carbamates (subject to hydrolysis) is 1. The molecular weight excluding hydrogens is 421 g/mol. The predicted molar refractivity (Wildman–Crippen MR) is 112 cm³/mol. The molecule has 0 radical (unpaired) electrons. The van der Waals surface area contributed by atoms with E-state index in [-0.39, 0.29) is 12.6 Å². The summed E-state index contributed by atoms with van der Waals surface area (Å²) in [5, 5.41) is 12.7. The summed E-state index contributed by atoms with van der Waals surface area (Å²) in [5.74, 6) is 0.933. The molecule has 12 heteroatoms. The molecule has 32 heavy (non-hydrogen) atoms. The van der Waals surface area contributed by atoms with Gasteiger partial charge in [-0.15, -0.1) is 0 Å². The zero-order valence-corrected chi connectivity index (χ0v) is 18.3. The summed E-state index contributed by atoms with van der Waals surface area (Å²) in [6, 6.07) is 3.38. The van der Waals surface area contributed by atoms with Crippen LogP contribution in [0.4, 0.5) is 21.0 Å². The molecule has 1 saturated heterocycles. The number of anilines is 2. The van der Waals surface area contributed by atoms with Crippen LogP contribution in [0.15, 0.2) is 18.3 Å². The molecule has 4 heterocycles. The number of hydrogen-bond donors (Lipinski definition) is 3. The lowest BCUT2D eigenvalue weighted by Crippen LogP contribution is -2.36. The molecule has 3 atom stereocenters. The van der Waals surface area contributed by atoms with E-state index in [1.165, 1.54) is 0 Å². The van der Waals surface area contributed by atoms with Gasteiger partial charge in [0.2, 0.25) is 5.95 Å². The molecular formula is C20H26FN7O4. The number of nitrogens with zero attached hydrogens (tertiary/aromatic N) is 4. The van der Waals surface area contributed by atoms with Gasteiger partial charge in [0.1, 0.15) is 11.8 Å². The van der Waals surface area contributed by atoms with Crippen molar-refractivity contribution in [2.45, 2.75) is 51.8 Å². The average Bonchev–Trinajstić information content (AvgIpc) is 3.41. The summed E-state index contributed by atoms with van der Waals surface area (Å²) in [6.45, 7) is 5.78. The third-order valence-electron chi connectivity index (χ3n) is 4.82. The fourth-order valence-electron chi connectivity index (χ4n) is 3.47. The van der Waals surface area contributed by atoms with Crippen molar-refractivity contribution in [1.29, 1.82) is 0 Å². The molecule has 1 aliphatic rings.